The van der Waals surface area contributed by atoms with Gasteiger partial charge in [0.15, 0.2) is 0 Å². The molecule has 0 aliphatic carbocycles. The Morgan fingerprint density at radius 1 is 1.35 bits per heavy atom. The summed E-state index contributed by atoms with van der Waals surface area (Å²) in [5, 5.41) is 25.3. The first kappa shape index (κ1) is 14.2. The largest absolute Gasteiger partial charge is 0.481 e. The number of rotatable bonds is 7. The molecule has 2 rings (SSSR count). The lowest BCUT2D eigenvalue weighted by Crippen LogP contribution is -2.28. The zero-order chi connectivity index (χ0) is 14.4. The van der Waals surface area contributed by atoms with Gasteiger partial charge in [-0.3, -0.25) is 4.79 Å². The SMILES string of the molecule is O=C(O)CC(O)CNCc1ccccc1-n1cccn1. The van der Waals surface area contributed by atoms with Crippen LogP contribution in [0.5, 0.6) is 0 Å². The number of aliphatic carboxylic acids is 1. The normalized spacial score (nSPS) is 12.2. The Hall–Kier alpha value is -2.18. The molecule has 1 atom stereocenters. The van der Waals surface area contributed by atoms with E-state index in [1.54, 1.807) is 10.9 Å². The lowest BCUT2D eigenvalue weighted by atomic mass is 10.1. The third-order valence-corrected chi connectivity index (χ3v) is 2.85. The first-order chi connectivity index (χ1) is 9.66. The summed E-state index contributed by atoms with van der Waals surface area (Å²) in [6.45, 7) is 0.770. The molecule has 106 valence electrons. The van der Waals surface area contributed by atoms with Crippen LogP contribution in [0.3, 0.4) is 0 Å². The lowest BCUT2D eigenvalue weighted by molar-refractivity contribution is -0.139. The molecule has 0 fully saturated rings. The number of carboxylic acids is 1. The number of carbonyl (C=O) groups is 1. The fourth-order valence-electron chi connectivity index (χ4n) is 1.94. The van der Waals surface area contributed by atoms with E-state index in [-0.39, 0.29) is 13.0 Å². The maximum atomic E-state index is 10.5. The molecule has 0 saturated heterocycles. The standard InChI is InChI=1S/C14H17N3O3/c18-12(8-14(19)20)10-15-9-11-4-1-2-5-13(11)17-7-3-6-16-17/h1-7,12,15,18H,8-10H2,(H,19,20). The summed E-state index contributed by atoms with van der Waals surface area (Å²) in [5.74, 6) is -1.00. The third kappa shape index (κ3) is 3.91. The highest BCUT2D eigenvalue weighted by atomic mass is 16.4. The number of aromatic nitrogens is 2. The number of para-hydroxylation sites is 1. The van der Waals surface area contributed by atoms with Gasteiger partial charge in [0.2, 0.25) is 0 Å². The Balaban J connectivity index is 1.95. The van der Waals surface area contributed by atoms with Gasteiger partial charge < -0.3 is 15.5 Å². The van der Waals surface area contributed by atoms with Crippen molar-refractivity contribution >= 4 is 5.97 Å². The van der Waals surface area contributed by atoms with Gasteiger partial charge in [0.1, 0.15) is 0 Å². The van der Waals surface area contributed by atoms with Crippen molar-refractivity contribution in [2.45, 2.75) is 19.1 Å². The molecule has 6 heteroatoms. The van der Waals surface area contributed by atoms with Gasteiger partial charge in [0, 0.05) is 25.5 Å². The van der Waals surface area contributed by atoms with Crippen LogP contribution >= 0.6 is 0 Å². The van der Waals surface area contributed by atoms with Crippen LogP contribution in [0.25, 0.3) is 5.69 Å². The number of hydrogen-bond acceptors (Lipinski definition) is 4. The summed E-state index contributed by atoms with van der Waals surface area (Å²) < 4.78 is 1.77. The first-order valence-electron chi connectivity index (χ1n) is 6.35. The van der Waals surface area contributed by atoms with Gasteiger partial charge in [-0.05, 0) is 17.7 Å². The number of benzene rings is 1. The zero-order valence-electron chi connectivity index (χ0n) is 10.9. The summed E-state index contributed by atoms with van der Waals surface area (Å²) in [6.07, 6.45) is 2.43. The highest BCUT2D eigenvalue weighted by Gasteiger charge is 2.09. The molecule has 1 heterocycles. The Labute approximate surface area is 116 Å². The van der Waals surface area contributed by atoms with Gasteiger partial charge in [-0.15, -0.1) is 0 Å². The minimum Gasteiger partial charge on any atom is -0.481 e. The fourth-order valence-corrected chi connectivity index (χ4v) is 1.94. The highest BCUT2D eigenvalue weighted by Crippen LogP contribution is 2.13. The molecule has 2 aromatic rings. The van der Waals surface area contributed by atoms with E-state index >= 15 is 0 Å². The Bertz CT molecular complexity index is 555. The second-order valence-corrected chi connectivity index (χ2v) is 4.46. The van der Waals surface area contributed by atoms with Crippen molar-refractivity contribution in [3.8, 4) is 5.69 Å². The summed E-state index contributed by atoms with van der Waals surface area (Å²) in [6, 6.07) is 9.63. The number of hydrogen-bond donors (Lipinski definition) is 3. The van der Waals surface area contributed by atoms with Crippen molar-refractivity contribution in [2.75, 3.05) is 6.54 Å². The van der Waals surface area contributed by atoms with Crippen molar-refractivity contribution in [1.82, 2.24) is 15.1 Å². The summed E-state index contributed by atoms with van der Waals surface area (Å²) in [4.78, 5) is 10.5. The third-order valence-electron chi connectivity index (χ3n) is 2.85. The monoisotopic (exact) mass is 275 g/mol. The number of aliphatic hydroxyl groups is 1. The van der Waals surface area contributed by atoms with E-state index in [1.165, 1.54) is 0 Å². The van der Waals surface area contributed by atoms with Crippen molar-refractivity contribution < 1.29 is 15.0 Å². The zero-order valence-corrected chi connectivity index (χ0v) is 10.9. The van der Waals surface area contributed by atoms with E-state index < -0.39 is 12.1 Å². The molecular weight excluding hydrogens is 258 g/mol. The predicted octanol–water partition coefficient (Wildman–Crippen LogP) is 0.797. The van der Waals surface area contributed by atoms with Crippen LogP contribution in [0.4, 0.5) is 0 Å². The molecule has 0 saturated carbocycles. The van der Waals surface area contributed by atoms with Crippen LogP contribution in [0.15, 0.2) is 42.7 Å². The molecule has 1 unspecified atom stereocenters. The molecule has 1 aromatic carbocycles. The molecule has 0 amide bonds. The van der Waals surface area contributed by atoms with Gasteiger partial charge in [0.25, 0.3) is 0 Å². The number of nitrogens with one attached hydrogen (secondary N) is 1. The molecule has 3 N–H and O–H groups in total. The topological polar surface area (TPSA) is 87.4 Å². The lowest BCUT2D eigenvalue weighted by Gasteiger charge is -2.12. The summed E-state index contributed by atoms with van der Waals surface area (Å²) >= 11 is 0. The molecule has 0 spiro atoms. The number of nitrogens with zero attached hydrogens (tertiary/aromatic N) is 2. The summed E-state index contributed by atoms with van der Waals surface area (Å²) in [5.41, 5.74) is 1.98. The van der Waals surface area contributed by atoms with Gasteiger partial charge >= 0.3 is 5.97 Å². The predicted molar refractivity (Wildman–Crippen MR) is 73.5 cm³/mol. The smallest absolute Gasteiger partial charge is 0.306 e. The molecule has 1 aromatic heterocycles. The fraction of sp³-hybridized carbons (Fsp3) is 0.286. The molecule has 0 aliphatic rings. The Morgan fingerprint density at radius 2 is 2.15 bits per heavy atom. The maximum Gasteiger partial charge on any atom is 0.306 e. The van der Waals surface area contributed by atoms with Crippen molar-refractivity contribution in [3.05, 3.63) is 48.3 Å². The maximum absolute atomic E-state index is 10.5. The summed E-state index contributed by atoms with van der Waals surface area (Å²) in [7, 11) is 0. The molecule has 0 aliphatic heterocycles. The Kier molecular flexibility index (Phi) is 4.86. The van der Waals surface area contributed by atoms with Gasteiger partial charge in [0.05, 0.1) is 18.2 Å². The minimum atomic E-state index is -1.00. The van der Waals surface area contributed by atoms with Gasteiger partial charge in [-0.25, -0.2) is 4.68 Å². The molecule has 0 bridgehead atoms. The molecule has 0 radical (unpaired) electrons. The van der Waals surface area contributed by atoms with Gasteiger partial charge in [-0.2, -0.15) is 5.10 Å². The second kappa shape index (κ2) is 6.83. The van der Waals surface area contributed by atoms with E-state index in [1.807, 2.05) is 36.5 Å². The van der Waals surface area contributed by atoms with Crippen LogP contribution in [0.1, 0.15) is 12.0 Å². The van der Waals surface area contributed by atoms with E-state index in [9.17, 15) is 9.90 Å². The van der Waals surface area contributed by atoms with Crippen LogP contribution in [-0.2, 0) is 11.3 Å². The Morgan fingerprint density at radius 3 is 2.85 bits per heavy atom. The van der Waals surface area contributed by atoms with E-state index in [4.69, 9.17) is 5.11 Å². The first-order valence-corrected chi connectivity index (χ1v) is 6.35. The second-order valence-electron chi connectivity index (χ2n) is 4.46. The number of carboxylic acid groups (broad SMARTS) is 1. The van der Waals surface area contributed by atoms with E-state index in [0.29, 0.717) is 6.54 Å². The van der Waals surface area contributed by atoms with Crippen LogP contribution in [-0.4, -0.2) is 38.6 Å². The molecular formula is C14H17N3O3. The van der Waals surface area contributed by atoms with Crippen molar-refractivity contribution in [1.29, 1.82) is 0 Å². The minimum absolute atomic E-state index is 0.236. The van der Waals surface area contributed by atoms with Crippen molar-refractivity contribution in [2.24, 2.45) is 0 Å². The molecule has 20 heavy (non-hydrogen) atoms. The van der Waals surface area contributed by atoms with Crippen LogP contribution in [0, 0.1) is 0 Å². The van der Waals surface area contributed by atoms with E-state index in [0.717, 1.165) is 11.3 Å². The molecule has 6 nitrogen and oxygen atoms in total. The quantitative estimate of drug-likeness (QED) is 0.695. The average molecular weight is 275 g/mol. The van der Waals surface area contributed by atoms with Crippen molar-refractivity contribution in [3.63, 3.8) is 0 Å². The van der Waals surface area contributed by atoms with E-state index in [2.05, 4.69) is 10.4 Å². The van der Waals surface area contributed by atoms with Crippen LogP contribution < -0.4 is 5.32 Å². The van der Waals surface area contributed by atoms with Gasteiger partial charge in [-0.1, -0.05) is 18.2 Å². The van der Waals surface area contributed by atoms with Crippen LogP contribution in [0.2, 0.25) is 0 Å². The highest BCUT2D eigenvalue weighted by molar-refractivity contribution is 5.67. The average Bonchev–Trinajstić information content (AvgIpc) is 2.92. The number of aliphatic hydroxyl groups excluding tert-OH is 1.